The topological polar surface area (TPSA) is 26.5 Å². The zero-order chi connectivity index (χ0) is 23.0. The van der Waals surface area contributed by atoms with E-state index in [0.717, 1.165) is 23.9 Å². The van der Waals surface area contributed by atoms with Crippen LogP contribution in [0, 0.1) is 0 Å². The van der Waals surface area contributed by atoms with Gasteiger partial charge in [0, 0.05) is 0 Å². The van der Waals surface area contributed by atoms with Crippen LogP contribution in [0.4, 0.5) is 0 Å². The first-order chi connectivity index (χ1) is 17.8. The monoisotopic (exact) mass is 484 g/mol. The third-order valence-corrected chi connectivity index (χ3v) is 18.0. The van der Waals surface area contributed by atoms with Crippen LogP contribution < -0.4 is 26.4 Å². The molecule has 0 spiro atoms. The number of fused-ring (bicyclic) bond motifs is 9. The van der Waals surface area contributed by atoms with Crippen LogP contribution in [0.1, 0.15) is 0 Å². The molecule has 6 aliphatic heterocycles. The molecule has 7 heterocycles. The number of rotatable bonds is 2. The summed E-state index contributed by atoms with van der Waals surface area (Å²) >= 11 is 0. The molecule has 0 N–H and O–H groups in total. The Hall–Kier alpha value is -2.54. The van der Waals surface area contributed by atoms with Crippen molar-refractivity contribution in [2.75, 3.05) is 0 Å². The molecular weight excluding hydrogens is 470 g/mol. The summed E-state index contributed by atoms with van der Waals surface area (Å²) in [4.78, 5) is 0. The summed E-state index contributed by atoms with van der Waals surface area (Å²) in [5, 5.41) is 4.22. The third-order valence-electron chi connectivity index (χ3n) is 9.50. The Bertz CT molecular complexity index is 1980. The quantitative estimate of drug-likeness (QED) is 0.275. The van der Waals surface area contributed by atoms with Crippen LogP contribution in [0.3, 0.4) is 0 Å². The average molecular weight is 483 g/mol. The van der Waals surface area contributed by atoms with Crippen LogP contribution in [0.25, 0.3) is 27.5 Å². The molecule has 0 amide bonds. The van der Waals surface area contributed by atoms with E-state index in [4.69, 9.17) is 9.25 Å². The molecular formula is C24H13B7N2OP2-. The van der Waals surface area contributed by atoms with E-state index in [2.05, 4.69) is 104 Å². The second-order valence-electron chi connectivity index (χ2n) is 11.2. The van der Waals surface area contributed by atoms with E-state index in [1.807, 2.05) is 0 Å². The van der Waals surface area contributed by atoms with Crippen LogP contribution >= 0.6 is 13.9 Å². The van der Waals surface area contributed by atoms with Crippen molar-refractivity contribution in [1.29, 1.82) is 0 Å². The Kier molecular flexibility index (Phi) is 2.85. The zero-order valence-electron chi connectivity index (χ0n) is 19.2. The summed E-state index contributed by atoms with van der Waals surface area (Å²) in [7, 11) is 2.37. The van der Waals surface area contributed by atoms with Crippen LogP contribution in [-0.2, 0) is 0 Å². The van der Waals surface area contributed by atoms with Crippen molar-refractivity contribution >= 4 is 104 Å². The molecule has 0 atom stereocenters. The molecule has 6 aliphatic rings. The molecule has 1 aromatic heterocycles. The minimum atomic E-state index is -2.36. The van der Waals surface area contributed by atoms with E-state index in [-0.39, 0.29) is 14.2 Å². The van der Waals surface area contributed by atoms with Crippen LogP contribution in [0.2, 0.25) is 0 Å². The van der Waals surface area contributed by atoms with Gasteiger partial charge >= 0.3 is 213 Å². The van der Waals surface area contributed by atoms with Gasteiger partial charge in [-0.1, -0.05) is 0 Å². The van der Waals surface area contributed by atoms with Crippen molar-refractivity contribution in [3.05, 3.63) is 78.9 Å². The summed E-state index contributed by atoms with van der Waals surface area (Å²) < 4.78 is 14.9. The molecule has 4 aromatic carbocycles. The van der Waals surface area contributed by atoms with E-state index in [0.29, 0.717) is 6.21 Å². The van der Waals surface area contributed by atoms with Crippen molar-refractivity contribution < 1.29 is 4.74 Å². The van der Waals surface area contributed by atoms with Crippen LogP contribution in [0.5, 0.6) is 11.5 Å². The molecule has 4 saturated heterocycles. The van der Waals surface area contributed by atoms with Gasteiger partial charge in [0.15, 0.2) is 0 Å². The number of hydrogen-bond acceptors (Lipinski definition) is 2. The molecule has 11 rings (SSSR count). The number of nitrogens with zero attached hydrogens (tertiary/aromatic N) is 2. The van der Waals surface area contributed by atoms with Crippen LogP contribution in [0.15, 0.2) is 83.4 Å². The zero-order valence-corrected chi connectivity index (χ0v) is 21.0. The van der Waals surface area contributed by atoms with Gasteiger partial charge in [0.2, 0.25) is 0 Å². The van der Waals surface area contributed by atoms with E-state index in [1.165, 1.54) is 43.9 Å². The van der Waals surface area contributed by atoms with Gasteiger partial charge in [-0.25, -0.2) is 0 Å². The molecule has 0 saturated carbocycles. The summed E-state index contributed by atoms with van der Waals surface area (Å²) in [6.07, 6.45) is -0.0656. The summed E-state index contributed by atoms with van der Waals surface area (Å²) in [5.41, 5.74) is 8.00. The Balaban J connectivity index is 1.35. The van der Waals surface area contributed by atoms with Crippen LogP contribution in [-0.4, -0.2) is 50.8 Å². The second kappa shape index (κ2) is 5.50. The predicted molar refractivity (Wildman–Crippen MR) is 162 cm³/mol. The van der Waals surface area contributed by atoms with Gasteiger partial charge in [-0.2, -0.15) is 0 Å². The fraction of sp³-hybridized carbons (Fsp3) is 0. The molecule has 36 heavy (non-hydrogen) atoms. The van der Waals surface area contributed by atoms with E-state index >= 15 is 0 Å². The average Bonchev–Trinajstić information content (AvgIpc) is 3.81. The van der Waals surface area contributed by atoms with Crippen molar-refractivity contribution in [2.24, 2.45) is 4.52 Å². The molecule has 12 heteroatoms. The van der Waals surface area contributed by atoms with E-state index < -0.39 is 6.39 Å². The predicted octanol–water partition coefficient (Wildman–Crippen LogP) is 2.51. The Morgan fingerprint density at radius 2 is 1.67 bits per heavy atom. The van der Waals surface area contributed by atoms with Gasteiger partial charge in [-0.05, 0) is 0 Å². The maximum atomic E-state index is 6.55. The normalized spacial score (nSPS) is 21.9. The summed E-state index contributed by atoms with van der Waals surface area (Å²) in [6, 6.07) is 29.1. The molecule has 4 fully saturated rings. The molecule has 5 aromatic rings. The Labute approximate surface area is 212 Å². The van der Waals surface area contributed by atoms with Crippen molar-refractivity contribution in [3.8, 4) is 17.2 Å². The van der Waals surface area contributed by atoms with Crippen molar-refractivity contribution in [1.82, 2.24) is 4.57 Å². The molecule has 157 valence electrons. The summed E-state index contributed by atoms with van der Waals surface area (Å²) in [5.74, 6) is 1.98. The standard InChI is InChI=1S/C24H13B7N2OP2/c1-3-8-17-14(6-1)15-12-13-21(36(26-29(36)27-36)32-35-30-25-31(30)35)23-24(15)33(17)18-9-5-11-20-22(18)28(23)16-7-2-4-10-19(16)34-20/h1-13H/q-1. The van der Waals surface area contributed by atoms with Gasteiger partial charge in [0.05, 0.1) is 0 Å². The number of para-hydroxylation sites is 2. The number of aromatic nitrogens is 1. The molecule has 5 radical (unpaired) electrons. The third kappa shape index (κ3) is 1.89. The molecule has 3 nitrogen and oxygen atoms in total. The maximum absolute atomic E-state index is 6.55. The van der Waals surface area contributed by atoms with Gasteiger partial charge in [-0.3, -0.25) is 0 Å². The first kappa shape index (κ1) is 18.7. The second-order valence-corrected chi connectivity index (χ2v) is 18.1. The molecule has 0 bridgehead atoms. The van der Waals surface area contributed by atoms with Crippen molar-refractivity contribution in [3.63, 3.8) is 0 Å². The summed E-state index contributed by atoms with van der Waals surface area (Å²) in [6.45, 7) is 5.45. The van der Waals surface area contributed by atoms with Gasteiger partial charge in [0.1, 0.15) is 0 Å². The first-order valence-electron chi connectivity index (χ1n) is 12.8. The van der Waals surface area contributed by atoms with Gasteiger partial charge in [0.25, 0.3) is 0 Å². The van der Waals surface area contributed by atoms with Gasteiger partial charge < -0.3 is 0 Å². The molecule has 0 unspecified atom stereocenters. The number of hydrogen-bond donors (Lipinski definition) is 0. The fourth-order valence-electron chi connectivity index (χ4n) is 7.38. The molecule has 0 aliphatic carbocycles. The minimum absolute atomic E-state index is 0.123. The Morgan fingerprint density at radius 3 is 2.50 bits per heavy atom. The van der Waals surface area contributed by atoms with E-state index in [1.54, 1.807) is 5.30 Å². The van der Waals surface area contributed by atoms with Crippen molar-refractivity contribution in [2.45, 2.75) is 0 Å². The Morgan fingerprint density at radius 1 is 0.861 bits per heavy atom. The van der Waals surface area contributed by atoms with Gasteiger partial charge in [-0.15, -0.1) is 0 Å². The number of ether oxygens (including phenoxy) is 1. The number of benzene rings is 4. The first-order valence-corrected chi connectivity index (χ1v) is 16.7. The SMILES string of the molecule is [B]1B2[B-]P12(N=[P+]1B2[B-]B21)c1ccc2c3ccccc3n3c2c1B1c2ccccc2Oc2cccc-3c21. The fourth-order valence-corrected chi connectivity index (χ4v) is 16.8. The van der Waals surface area contributed by atoms with E-state index in [9.17, 15) is 0 Å².